The maximum absolute atomic E-state index is 4.02. The Labute approximate surface area is 88.8 Å². The summed E-state index contributed by atoms with van der Waals surface area (Å²) in [5.41, 5.74) is 1.20. The third-order valence-electron chi connectivity index (χ3n) is 2.28. The molecule has 14 heavy (non-hydrogen) atoms. The number of hydrogen-bond acceptors (Lipinski definition) is 1. The Morgan fingerprint density at radius 1 is 1.21 bits per heavy atom. The van der Waals surface area contributed by atoms with Crippen molar-refractivity contribution in [2.24, 2.45) is 0 Å². The summed E-state index contributed by atoms with van der Waals surface area (Å²) in [5.74, 6) is 0. The van der Waals surface area contributed by atoms with E-state index in [1.165, 1.54) is 5.57 Å². The smallest absolute Gasteiger partial charge is 0.00214 e. The molecule has 0 N–H and O–H groups in total. The van der Waals surface area contributed by atoms with Crippen molar-refractivity contribution in [1.82, 2.24) is 4.90 Å². The van der Waals surface area contributed by atoms with E-state index in [9.17, 15) is 0 Å². The van der Waals surface area contributed by atoms with Crippen LogP contribution in [0, 0.1) is 0 Å². The second kappa shape index (κ2) is 8.76. The van der Waals surface area contributed by atoms with Gasteiger partial charge in [-0.1, -0.05) is 50.3 Å². The standard InChI is InChI=1S/C13H23N/c1-5-8-9-10-13(4)11-12-14(6-2)7-3/h5,8-10H,4,6-7,11-12H2,1-3H3/b8-5-,10-9-. The Morgan fingerprint density at radius 2 is 1.86 bits per heavy atom. The van der Waals surface area contributed by atoms with Crippen molar-refractivity contribution >= 4 is 0 Å². The first-order valence-corrected chi connectivity index (χ1v) is 5.44. The average molecular weight is 193 g/mol. The van der Waals surface area contributed by atoms with Crippen LogP contribution in [-0.2, 0) is 0 Å². The zero-order chi connectivity index (χ0) is 10.8. The van der Waals surface area contributed by atoms with Gasteiger partial charge in [0.2, 0.25) is 0 Å². The van der Waals surface area contributed by atoms with Crippen LogP contribution in [0.4, 0.5) is 0 Å². The van der Waals surface area contributed by atoms with Gasteiger partial charge in [0, 0.05) is 6.54 Å². The lowest BCUT2D eigenvalue weighted by Gasteiger charge is -2.17. The number of nitrogens with zero attached hydrogens (tertiary/aromatic N) is 1. The van der Waals surface area contributed by atoms with Gasteiger partial charge in [-0.2, -0.15) is 0 Å². The van der Waals surface area contributed by atoms with Gasteiger partial charge in [-0.25, -0.2) is 0 Å². The molecule has 0 aromatic rings. The van der Waals surface area contributed by atoms with Crippen molar-refractivity contribution in [2.75, 3.05) is 19.6 Å². The van der Waals surface area contributed by atoms with Crippen molar-refractivity contribution in [2.45, 2.75) is 27.2 Å². The highest BCUT2D eigenvalue weighted by Crippen LogP contribution is 2.02. The fourth-order valence-corrected chi connectivity index (χ4v) is 1.23. The minimum Gasteiger partial charge on any atom is -0.304 e. The molecule has 80 valence electrons. The summed E-state index contributed by atoms with van der Waals surface area (Å²) in [7, 11) is 0. The highest BCUT2D eigenvalue weighted by molar-refractivity contribution is 5.18. The summed E-state index contributed by atoms with van der Waals surface area (Å²) in [4.78, 5) is 2.41. The highest BCUT2D eigenvalue weighted by atomic mass is 15.1. The summed E-state index contributed by atoms with van der Waals surface area (Å²) >= 11 is 0. The maximum atomic E-state index is 4.02. The van der Waals surface area contributed by atoms with Gasteiger partial charge in [-0.3, -0.25) is 0 Å². The van der Waals surface area contributed by atoms with Crippen LogP contribution in [0.3, 0.4) is 0 Å². The van der Waals surface area contributed by atoms with Crippen LogP contribution in [0.1, 0.15) is 27.2 Å². The molecule has 0 spiro atoms. The molecule has 0 aliphatic heterocycles. The van der Waals surface area contributed by atoms with Gasteiger partial charge in [-0.15, -0.1) is 0 Å². The predicted octanol–water partition coefficient (Wildman–Crippen LogP) is 3.41. The van der Waals surface area contributed by atoms with Crippen LogP contribution in [0.25, 0.3) is 0 Å². The number of rotatable bonds is 7. The molecule has 0 radical (unpaired) electrons. The van der Waals surface area contributed by atoms with E-state index in [1.807, 2.05) is 25.2 Å². The van der Waals surface area contributed by atoms with E-state index in [4.69, 9.17) is 0 Å². The molecule has 1 nitrogen and oxygen atoms in total. The molecule has 1 heteroatoms. The Balaban J connectivity index is 3.72. The van der Waals surface area contributed by atoms with Gasteiger partial charge < -0.3 is 4.90 Å². The van der Waals surface area contributed by atoms with E-state index >= 15 is 0 Å². The molecule has 0 unspecified atom stereocenters. The second-order valence-electron chi connectivity index (χ2n) is 3.32. The third kappa shape index (κ3) is 6.67. The van der Waals surface area contributed by atoms with Crippen LogP contribution < -0.4 is 0 Å². The first kappa shape index (κ1) is 13.2. The Bertz CT molecular complexity index is 197. The Hall–Kier alpha value is -0.820. The first-order valence-electron chi connectivity index (χ1n) is 5.44. The molecular formula is C13H23N. The second-order valence-corrected chi connectivity index (χ2v) is 3.32. The monoisotopic (exact) mass is 193 g/mol. The number of allylic oxidation sites excluding steroid dienone is 4. The summed E-state index contributed by atoms with van der Waals surface area (Å²) < 4.78 is 0. The van der Waals surface area contributed by atoms with Crippen LogP contribution in [0.15, 0.2) is 36.5 Å². The van der Waals surface area contributed by atoms with E-state index in [0.717, 1.165) is 26.1 Å². The molecule has 0 amide bonds. The van der Waals surface area contributed by atoms with Crippen molar-refractivity contribution in [3.05, 3.63) is 36.5 Å². The summed E-state index contributed by atoms with van der Waals surface area (Å²) in [6.45, 7) is 13.8. The minimum atomic E-state index is 1.07. The van der Waals surface area contributed by atoms with Crippen molar-refractivity contribution < 1.29 is 0 Å². The molecule has 0 aliphatic rings. The lowest BCUT2D eigenvalue weighted by molar-refractivity contribution is 0.308. The minimum absolute atomic E-state index is 1.07. The van der Waals surface area contributed by atoms with Crippen molar-refractivity contribution in [1.29, 1.82) is 0 Å². The summed E-state index contributed by atoms with van der Waals surface area (Å²) in [6, 6.07) is 0. The molecule has 0 saturated heterocycles. The maximum Gasteiger partial charge on any atom is 0.00214 e. The van der Waals surface area contributed by atoms with E-state index in [0.29, 0.717) is 0 Å². The molecule has 0 rings (SSSR count). The van der Waals surface area contributed by atoms with E-state index < -0.39 is 0 Å². The van der Waals surface area contributed by atoms with Gasteiger partial charge >= 0.3 is 0 Å². The van der Waals surface area contributed by atoms with Crippen LogP contribution in [-0.4, -0.2) is 24.5 Å². The van der Waals surface area contributed by atoms with Gasteiger partial charge in [0.1, 0.15) is 0 Å². The molecule has 0 aromatic carbocycles. The average Bonchev–Trinajstić information content (AvgIpc) is 2.20. The lowest BCUT2D eigenvalue weighted by Crippen LogP contribution is -2.24. The van der Waals surface area contributed by atoms with E-state index in [-0.39, 0.29) is 0 Å². The van der Waals surface area contributed by atoms with Gasteiger partial charge in [-0.05, 0) is 26.4 Å². The largest absolute Gasteiger partial charge is 0.304 e. The van der Waals surface area contributed by atoms with Gasteiger partial charge in [0.05, 0.1) is 0 Å². The molecule has 0 heterocycles. The molecule has 0 atom stereocenters. The summed E-state index contributed by atoms with van der Waals surface area (Å²) in [5, 5.41) is 0. The molecular weight excluding hydrogens is 170 g/mol. The molecule has 0 saturated carbocycles. The van der Waals surface area contributed by atoms with Crippen LogP contribution >= 0.6 is 0 Å². The van der Waals surface area contributed by atoms with Gasteiger partial charge in [0.25, 0.3) is 0 Å². The van der Waals surface area contributed by atoms with Crippen molar-refractivity contribution in [3.63, 3.8) is 0 Å². The normalized spacial score (nSPS) is 12.0. The Morgan fingerprint density at radius 3 is 2.36 bits per heavy atom. The predicted molar refractivity (Wildman–Crippen MR) is 65.5 cm³/mol. The third-order valence-corrected chi connectivity index (χ3v) is 2.28. The molecule has 0 aromatic heterocycles. The van der Waals surface area contributed by atoms with Gasteiger partial charge in [0.15, 0.2) is 0 Å². The quantitative estimate of drug-likeness (QED) is 0.560. The fraction of sp³-hybridized carbons (Fsp3) is 0.538. The lowest BCUT2D eigenvalue weighted by atomic mass is 10.2. The highest BCUT2D eigenvalue weighted by Gasteiger charge is 1.97. The first-order chi connectivity index (χ1) is 6.74. The molecule has 0 fully saturated rings. The molecule has 0 aliphatic carbocycles. The summed E-state index contributed by atoms with van der Waals surface area (Å²) in [6.07, 6.45) is 9.25. The zero-order valence-electron chi connectivity index (χ0n) is 9.79. The Kier molecular flexibility index (Phi) is 8.25. The number of hydrogen-bond donors (Lipinski definition) is 0. The topological polar surface area (TPSA) is 3.24 Å². The van der Waals surface area contributed by atoms with E-state index in [2.05, 4.69) is 31.4 Å². The SMILES string of the molecule is C=C(/C=C\C=C/C)CCN(CC)CC. The van der Waals surface area contributed by atoms with Crippen LogP contribution in [0.5, 0.6) is 0 Å². The fourth-order valence-electron chi connectivity index (χ4n) is 1.23. The zero-order valence-corrected chi connectivity index (χ0v) is 9.79. The van der Waals surface area contributed by atoms with Crippen LogP contribution in [0.2, 0.25) is 0 Å². The molecule has 0 bridgehead atoms. The van der Waals surface area contributed by atoms with Crippen molar-refractivity contribution in [3.8, 4) is 0 Å². The van der Waals surface area contributed by atoms with E-state index in [1.54, 1.807) is 0 Å².